The number of hydrogen-bond acceptors (Lipinski definition) is 3. The maximum absolute atomic E-state index is 14.2. The average molecular weight is 485 g/mol. The Bertz CT molecular complexity index is 784. The van der Waals surface area contributed by atoms with Crippen LogP contribution in [0, 0.1) is 9.39 Å². The minimum absolute atomic E-state index is 0.0866. The highest BCUT2D eigenvalue weighted by Crippen LogP contribution is 2.27. The summed E-state index contributed by atoms with van der Waals surface area (Å²) in [4.78, 5) is -0.433. The normalized spacial score (nSPS) is 11.4. The average Bonchev–Trinajstić information content (AvgIpc) is 2.43. The molecule has 0 heterocycles. The van der Waals surface area contributed by atoms with Gasteiger partial charge < -0.3 is 5.73 Å². The van der Waals surface area contributed by atoms with Crippen LogP contribution in [0.3, 0.4) is 0 Å². The van der Waals surface area contributed by atoms with Crippen LogP contribution in [0.4, 0.5) is 10.1 Å². The zero-order valence-electron chi connectivity index (χ0n) is 10.6. The fraction of sp³-hybridized carbons (Fsp3) is 0.0769. The van der Waals surface area contributed by atoms with Crippen LogP contribution in [0.1, 0.15) is 5.56 Å². The summed E-state index contributed by atoms with van der Waals surface area (Å²) < 4.78 is 42.5. The van der Waals surface area contributed by atoms with Crippen molar-refractivity contribution in [2.45, 2.75) is 11.4 Å². The van der Waals surface area contributed by atoms with Gasteiger partial charge in [-0.1, -0.05) is 28.1 Å². The molecule has 0 aliphatic rings. The minimum atomic E-state index is -4.04. The highest BCUT2D eigenvalue weighted by molar-refractivity contribution is 14.1. The molecule has 0 atom stereocenters. The van der Waals surface area contributed by atoms with Crippen molar-refractivity contribution in [3.05, 3.63) is 55.8 Å². The van der Waals surface area contributed by atoms with Gasteiger partial charge in [0.25, 0.3) is 10.0 Å². The Morgan fingerprint density at radius 3 is 2.57 bits per heavy atom. The molecule has 0 saturated carbocycles. The van der Waals surface area contributed by atoms with E-state index in [0.29, 0.717) is 13.7 Å². The zero-order chi connectivity index (χ0) is 15.6. The summed E-state index contributed by atoms with van der Waals surface area (Å²) in [5.74, 6) is -0.834. The summed E-state index contributed by atoms with van der Waals surface area (Å²) in [6.45, 7) is -0.0866. The molecule has 21 heavy (non-hydrogen) atoms. The molecule has 0 aliphatic heterocycles. The van der Waals surface area contributed by atoms with Gasteiger partial charge in [0.15, 0.2) is 0 Å². The molecular formula is C13H11BrFIN2O2S. The third-order valence-electron chi connectivity index (χ3n) is 2.71. The maximum Gasteiger partial charge on any atom is 0.264 e. The molecule has 2 aromatic rings. The van der Waals surface area contributed by atoms with Gasteiger partial charge in [0.2, 0.25) is 0 Å². The first-order valence-electron chi connectivity index (χ1n) is 5.80. The molecule has 0 aromatic heterocycles. The SMILES string of the molecule is NCc1cc(Br)cc(S(=O)(=O)Nc2ccccc2I)c1F. The van der Waals surface area contributed by atoms with E-state index in [-0.39, 0.29) is 12.1 Å². The topological polar surface area (TPSA) is 72.2 Å². The second-order valence-corrected chi connectivity index (χ2v) is 7.90. The Morgan fingerprint density at radius 1 is 1.29 bits per heavy atom. The molecule has 0 radical (unpaired) electrons. The number of rotatable bonds is 4. The fourth-order valence-electron chi connectivity index (χ4n) is 1.71. The van der Waals surface area contributed by atoms with Crippen molar-refractivity contribution in [2.24, 2.45) is 5.73 Å². The van der Waals surface area contributed by atoms with E-state index in [4.69, 9.17) is 5.73 Å². The molecule has 3 N–H and O–H groups in total. The minimum Gasteiger partial charge on any atom is -0.326 e. The Balaban J connectivity index is 2.50. The molecule has 0 fully saturated rings. The summed E-state index contributed by atoms with van der Waals surface area (Å²) in [5, 5.41) is 0. The molecule has 4 nitrogen and oxygen atoms in total. The largest absolute Gasteiger partial charge is 0.326 e. The second-order valence-electron chi connectivity index (χ2n) is 4.17. The van der Waals surface area contributed by atoms with E-state index in [1.807, 2.05) is 22.6 Å². The highest BCUT2D eigenvalue weighted by Gasteiger charge is 2.22. The number of nitrogens with one attached hydrogen (secondary N) is 1. The van der Waals surface area contributed by atoms with Gasteiger partial charge in [-0.2, -0.15) is 0 Å². The van der Waals surface area contributed by atoms with E-state index >= 15 is 0 Å². The molecule has 0 amide bonds. The molecule has 0 aliphatic carbocycles. The lowest BCUT2D eigenvalue weighted by Gasteiger charge is -2.12. The predicted octanol–water partition coefficient (Wildman–Crippen LogP) is 3.45. The van der Waals surface area contributed by atoms with Crippen molar-refractivity contribution in [3.8, 4) is 0 Å². The molecule has 0 spiro atoms. The number of hydrogen-bond donors (Lipinski definition) is 2. The summed E-state index contributed by atoms with van der Waals surface area (Å²) in [6.07, 6.45) is 0. The van der Waals surface area contributed by atoms with Gasteiger partial charge in [0, 0.05) is 20.2 Å². The van der Waals surface area contributed by atoms with Gasteiger partial charge in [-0.15, -0.1) is 0 Å². The van der Waals surface area contributed by atoms with Crippen LogP contribution in [0.5, 0.6) is 0 Å². The smallest absolute Gasteiger partial charge is 0.264 e. The number of nitrogens with two attached hydrogens (primary N) is 1. The first kappa shape index (κ1) is 16.7. The van der Waals surface area contributed by atoms with E-state index in [9.17, 15) is 12.8 Å². The molecule has 8 heteroatoms. The van der Waals surface area contributed by atoms with Gasteiger partial charge in [-0.25, -0.2) is 12.8 Å². The van der Waals surface area contributed by atoms with E-state index in [1.165, 1.54) is 12.1 Å². The van der Waals surface area contributed by atoms with Crippen molar-refractivity contribution in [2.75, 3.05) is 4.72 Å². The second kappa shape index (κ2) is 6.59. The van der Waals surface area contributed by atoms with Crippen molar-refractivity contribution in [1.82, 2.24) is 0 Å². The van der Waals surface area contributed by atoms with Crippen LogP contribution in [0.15, 0.2) is 45.8 Å². The number of halogens is 3. The van der Waals surface area contributed by atoms with E-state index in [2.05, 4.69) is 20.7 Å². The van der Waals surface area contributed by atoms with Gasteiger partial charge in [0.1, 0.15) is 10.7 Å². The first-order valence-corrected chi connectivity index (χ1v) is 9.16. The number of anilines is 1. The molecular weight excluding hydrogens is 474 g/mol. The molecule has 0 bridgehead atoms. The van der Waals surface area contributed by atoms with Crippen molar-refractivity contribution >= 4 is 54.2 Å². The summed E-state index contributed by atoms with van der Waals surface area (Å²) in [6, 6.07) is 9.52. The number of sulfonamides is 1. The molecule has 0 saturated heterocycles. The van der Waals surface area contributed by atoms with E-state index in [1.54, 1.807) is 24.3 Å². The van der Waals surface area contributed by atoms with Crippen molar-refractivity contribution < 1.29 is 12.8 Å². The van der Waals surface area contributed by atoms with Crippen LogP contribution in [-0.4, -0.2) is 8.42 Å². The summed E-state index contributed by atoms with van der Waals surface area (Å²) in [7, 11) is -4.04. The number of benzene rings is 2. The van der Waals surface area contributed by atoms with Crippen LogP contribution in [-0.2, 0) is 16.6 Å². The molecule has 0 unspecified atom stereocenters. The van der Waals surface area contributed by atoms with E-state index in [0.717, 1.165) is 0 Å². The Morgan fingerprint density at radius 2 is 1.95 bits per heavy atom. The molecule has 2 rings (SSSR count). The van der Waals surface area contributed by atoms with Crippen LogP contribution >= 0.6 is 38.5 Å². The lowest BCUT2D eigenvalue weighted by Crippen LogP contribution is -2.17. The van der Waals surface area contributed by atoms with Gasteiger partial charge in [-0.05, 0) is 46.9 Å². The maximum atomic E-state index is 14.2. The standard InChI is InChI=1S/C13H11BrFIN2O2S/c14-9-5-8(7-17)13(15)12(6-9)21(19,20)18-11-4-2-1-3-10(11)16/h1-6,18H,7,17H2. The third-order valence-corrected chi connectivity index (χ3v) is 5.47. The Labute approximate surface area is 144 Å². The Kier molecular flexibility index (Phi) is 5.23. The lowest BCUT2D eigenvalue weighted by molar-refractivity contribution is 0.560. The highest BCUT2D eigenvalue weighted by atomic mass is 127. The van der Waals surface area contributed by atoms with E-state index < -0.39 is 20.7 Å². The zero-order valence-corrected chi connectivity index (χ0v) is 15.2. The Hall–Kier alpha value is -0.710. The first-order chi connectivity index (χ1) is 9.85. The van der Waals surface area contributed by atoms with Gasteiger partial charge in [0.05, 0.1) is 5.69 Å². The predicted molar refractivity (Wildman–Crippen MR) is 92.0 cm³/mol. The van der Waals surface area contributed by atoms with Crippen LogP contribution in [0.25, 0.3) is 0 Å². The lowest BCUT2D eigenvalue weighted by atomic mass is 10.2. The monoisotopic (exact) mass is 484 g/mol. The summed E-state index contributed by atoms with van der Waals surface area (Å²) >= 11 is 5.16. The van der Waals surface area contributed by atoms with Crippen molar-refractivity contribution in [3.63, 3.8) is 0 Å². The van der Waals surface area contributed by atoms with Gasteiger partial charge >= 0.3 is 0 Å². The van der Waals surface area contributed by atoms with Crippen LogP contribution < -0.4 is 10.5 Å². The van der Waals surface area contributed by atoms with Gasteiger partial charge in [-0.3, -0.25) is 4.72 Å². The van der Waals surface area contributed by atoms with Crippen molar-refractivity contribution in [1.29, 1.82) is 0 Å². The quantitative estimate of drug-likeness (QED) is 0.653. The molecule has 112 valence electrons. The number of para-hydroxylation sites is 1. The summed E-state index contributed by atoms with van der Waals surface area (Å²) in [5.41, 5.74) is 5.96. The fourth-order valence-corrected chi connectivity index (χ4v) is 4.29. The van der Waals surface area contributed by atoms with Crippen LogP contribution in [0.2, 0.25) is 0 Å². The third kappa shape index (κ3) is 3.74. The molecule has 2 aromatic carbocycles.